The first-order chi connectivity index (χ1) is 9.75. The van der Waals surface area contributed by atoms with E-state index in [1.165, 1.54) is 12.8 Å². The van der Waals surface area contributed by atoms with E-state index < -0.39 is 0 Å². The van der Waals surface area contributed by atoms with Gasteiger partial charge in [0.1, 0.15) is 11.9 Å². The molecule has 20 heavy (non-hydrogen) atoms. The van der Waals surface area contributed by atoms with Crippen molar-refractivity contribution in [2.45, 2.75) is 38.3 Å². The quantitative estimate of drug-likeness (QED) is 0.897. The van der Waals surface area contributed by atoms with Crippen LogP contribution in [0.3, 0.4) is 0 Å². The van der Waals surface area contributed by atoms with Crippen LogP contribution in [0.15, 0.2) is 18.2 Å². The Hall–Kier alpha value is -1.84. The summed E-state index contributed by atoms with van der Waals surface area (Å²) < 4.78 is 16.7. The van der Waals surface area contributed by atoms with Gasteiger partial charge in [-0.3, -0.25) is 0 Å². The fourth-order valence-corrected chi connectivity index (χ4v) is 2.42. The van der Waals surface area contributed by atoms with Crippen LogP contribution in [0.4, 0.5) is 0 Å². The molecule has 0 amide bonds. The Balaban J connectivity index is 2.01. The van der Waals surface area contributed by atoms with Gasteiger partial charge >= 0.3 is 0 Å². The minimum atomic E-state index is 0.113. The molecule has 0 bridgehead atoms. The Morgan fingerprint density at radius 2 is 1.90 bits per heavy atom. The maximum atomic E-state index is 6.00. The first kappa shape index (κ1) is 13.2. The van der Waals surface area contributed by atoms with E-state index >= 15 is 0 Å². The largest absolute Gasteiger partial charge is 0.493 e. The van der Waals surface area contributed by atoms with Crippen molar-refractivity contribution in [1.82, 2.24) is 5.32 Å². The topological polar surface area (TPSA) is 39.7 Å². The van der Waals surface area contributed by atoms with Gasteiger partial charge in [0.2, 0.25) is 0 Å². The van der Waals surface area contributed by atoms with Gasteiger partial charge < -0.3 is 19.5 Å². The highest BCUT2D eigenvalue weighted by Crippen LogP contribution is 2.41. The number of hydrogen-bond donors (Lipinski definition) is 1. The van der Waals surface area contributed by atoms with Crippen LogP contribution in [0.25, 0.3) is 5.70 Å². The van der Waals surface area contributed by atoms with Crippen LogP contribution in [0.1, 0.15) is 31.7 Å². The lowest BCUT2D eigenvalue weighted by molar-refractivity contribution is 0.237. The third kappa shape index (κ3) is 2.42. The predicted molar refractivity (Wildman–Crippen MR) is 78.4 cm³/mol. The first-order valence-electron chi connectivity index (χ1n) is 7.16. The van der Waals surface area contributed by atoms with Gasteiger partial charge in [0.15, 0.2) is 11.5 Å². The Kier molecular flexibility index (Phi) is 3.47. The molecular formula is C16H21NO3. The second-order valence-electron chi connectivity index (χ2n) is 5.27. The molecule has 1 aliphatic heterocycles. The van der Waals surface area contributed by atoms with Crippen molar-refractivity contribution in [2.24, 2.45) is 0 Å². The zero-order chi connectivity index (χ0) is 14.1. The predicted octanol–water partition coefficient (Wildman–Crippen LogP) is 2.97. The van der Waals surface area contributed by atoms with E-state index in [1.807, 2.05) is 12.1 Å². The summed E-state index contributed by atoms with van der Waals surface area (Å²) in [5.41, 5.74) is 2.21. The second kappa shape index (κ2) is 5.27. The Morgan fingerprint density at radius 1 is 1.20 bits per heavy atom. The van der Waals surface area contributed by atoms with E-state index in [0.717, 1.165) is 29.2 Å². The van der Waals surface area contributed by atoms with Crippen LogP contribution >= 0.6 is 0 Å². The SMILES string of the molecule is CCC1C=C(NC2CC2)c2cc(OC)c(OC)cc2O1. The lowest BCUT2D eigenvalue weighted by atomic mass is 10.0. The van der Waals surface area contributed by atoms with Gasteiger partial charge in [0.05, 0.1) is 14.2 Å². The van der Waals surface area contributed by atoms with Gasteiger partial charge in [-0.1, -0.05) is 6.92 Å². The summed E-state index contributed by atoms with van der Waals surface area (Å²) in [4.78, 5) is 0. The van der Waals surface area contributed by atoms with Gasteiger partial charge in [-0.15, -0.1) is 0 Å². The van der Waals surface area contributed by atoms with Crippen LogP contribution in [0.2, 0.25) is 0 Å². The van der Waals surface area contributed by atoms with E-state index in [-0.39, 0.29) is 6.10 Å². The van der Waals surface area contributed by atoms with Gasteiger partial charge in [-0.25, -0.2) is 0 Å². The average molecular weight is 275 g/mol. The molecule has 108 valence electrons. The molecule has 0 spiro atoms. The first-order valence-corrected chi connectivity index (χ1v) is 7.16. The zero-order valence-corrected chi connectivity index (χ0v) is 12.2. The molecule has 1 aromatic carbocycles. The maximum absolute atomic E-state index is 6.00. The zero-order valence-electron chi connectivity index (χ0n) is 12.2. The molecule has 2 aliphatic rings. The molecular weight excluding hydrogens is 254 g/mol. The van der Waals surface area contributed by atoms with Crippen molar-refractivity contribution >= 4 is 5.70 Å². The summed E-state index contributed by atoms with van der Waals surface area (Å²) in [5, 5.41) is 3.59. The summed E-state index contributed by atoms with van der Waals surface area (Å²) in [6.07, 6.45) is 5.73. The summed E-state index contributed by atoms with van der Waals surface area (Å²) in [5.74, 6) is 2.29. The van der Waals surface area contributed by atoms with Gasteiger partial charge in [0.25, 0.3) is 0 Å². The third-order valence-corrected chi connectivity index (χ3v) is 3.75. The number of fused-ring (bicyclic) bond motifs is 1. The van der Waals surface area contributed by atoms with Crippen molar-refractivity contribution in [3.05, 3.63) is 23.8 Å². The van der Waals surface area contributed by atoms with Crippen LogP contribution in [0.5, 0.6) is 17.2 Å². The van der Waals surface area contributed by atoms with Crippen LogP contribution < -0.4 is 19.5 Å². The summed E-state index contributed by atoms with van der Waals surface area (Å²) >= 11 is 0. The molecule has 1 unspecified atom stereocenters. The van der Waals surface area contributed by atoms with E-state index in [4.69, 9.17) is 14.2 Å². The minimum absolute atomic E-state index is 0.113. The fourth-order valence-electron chi connectivity index (χ4n) is 2.42. The number of ether oxygens (including phenoxy) is 3. The molecule has 4 heteroatoms. The molecule has 0 radical (unpaired) electrons. The Morgan fingerprint density at radius 3 is 2.50 bits per heavy atom. The number of nitrogens with one attached hydrogen (secondary N) is 1. The molecule has 4 nitrogen and oxygen atoms in total. The fraction of sp³-hybridized carbons (Fsp3) is 0.500. The van der Waals surface area contributed by atoms with Gasteiger partial charge in [-0.2, -0.15) is 0 Å². The molecule has 1 saturated carbocycles. The lowest BCUT2D eigenvalue weighted by Crippen LogP contribution is -2.24. The molecule has 1 fully saturated rings. The number of rotatable bonds is 5. The molecule has 1 aromatic rings. The van der Waals surface area contributed by atoms with Crippen molar-refractivity contribution in [2.75, 3.05) is 14.2 Å². The van der Waals surface area contributed by atoms with Gasteiger partial charge in [-0.05, 0) is 31.4 Å². The van der Waals surface area contributed by atoms with Crippen LogP contribution in [0, 0.1) is 0 Å². The number of benzene rings is 1. The van der Waals surface area contributed by atoms with Crippen LogP contribution in [-0.4, -0.2) is 26.4 Å². The highest BCUT2D eigenvalue weighted by atomic mass is 16.5. The van der Waals surface area contributed by atoms with Crippen LogP contribution in [-0.2, 0) is 0 Å². The summed E-state index contributed by atoms with van der Waals surface area (Å²) in [6, 6.07) is 4.51. The van der Waals surface area contributed by atoms with E-state index in [2.05, 4.69) is 18.3 Å². The van der Waals surface area contributed by atoms with Crippen molar-refractivity contribution in [3.8, 4) is 17.2 Å². The molecule has 0 saturated heterocycles. The summed E-state index contributed by atoms with van der Waals surface area (Å²) in [7, 11) is 3.30. The molecule has 0 aromatic heterocycles. The normalized spacial score (nSPS) is 20.6. The van der Waals surface area contributed by atoms with Crippen molar-refractivity contribution in [1.29, 1.82) is 0 Å². The molecule has 1 atom stereocenters. The molecule has 1 heterocycles. The molecule has 1 N–H and O–H groups in total. The number of methoxy groups -OCH3 is 2. The molecule has 3 rings (SSSR count). The molecule has 1 aliphatic carbocycles. The standard InChI is InChI=1S/C16H21NO3/c1-4-11-7-13(17-10-5-6-10)12-8-15(18-2)16(19-3)9-14(12)20-11/h7-11,17H,4-6H2,1-3H3. The Labute approximate surface area is 119 Å². The highest BCUT2D eigenvalue weighted by Gasteiger charge is 2.27. The van der Waals surface area contributed by atoms with E-state index in [0.29, 0.717) is 11.8 Å². The highest BCUT2D eigenvalue weighted by molar-refractivity contribution is 5.74. The third-order valence-electron chi connectivity index (χ3n) is 3.75. The maximum Gasteiger partial charge on any atom is 0.164 e. The van der Waals surface area contributed by atoms with E-state index in [1.54, 1.807) is 14.2 Å². The van der Waals surface area contributed by atoms with E-state index in [9.17, 15) is 0 Å². The van der Waals surface area contributed by atoms with Crippen molar-refractivity contribution < 1.29 is 14.2 Å². The number of hydrogen-bond acceptors (Lipinski definition) is 4. The summed E-state index contributed by atoms with van der Waals surface area (Å²) in [6.45, 7) is 2.13. The van der Waals surface area contributed by atoms with Crippen molar-refractivity contribution in [3.63, 3.8) is 0 Å². The smallest absolute Gasteiger partial charge is 0.164 e. The van der Waals surface area contributed by atoms with Gasteiger partial charge in [0, 0.05) is 23.4 Å². The lowest BCUT2D eigenvalue weighted by Gasteiger charge is -2.26. The Bertz CT molecular complexity index is 535. The monoisotopic (exact) mass is 275 g/mol. The average Bonchev–Trinajstić information content (AvgIpc) is 3.29. The second-order valence-corrected chi connectivity index (χ2v) is 5.27. The minimum Gasteiger partial charge on any atom is -0.493 e.